The number of hydrogen-bond acceptors (Lipinski definition) is 4. The predicted molar refractivity (Wildman–Crippen MR) is 80.2 cm³/mol. The molecule has 1 atom stereocenters. The minimum absolute atomic E-state index is 0.105. The van der Waals surface area contributed by atoms with Crippen LogP contribution in [-0.2, 0) is 6.18 Å². The Hall–Kier alpha value is -1.67. The number of hydrogen-bond donors (Lipinski definition) is 2. The number of alkyl halides is 3. The highest BCUT2D eigenvalue weighted by Crippen LogP contribution is 2.34. The SMILES string of the molecule is CNC(C)CNC(=O)c1sc2nc(C(F)(F)F)ccc2c1C. The summed E-state index contributed by atoms with van der Waals surface area (Å²) in [6, 6.07) is 2.41. The van der Waals surface area contributed by atoms with Crippen molar-refractivity contribution >= 4 is 27.5 Å². The first-order chi connectivity index (χ1) is 10.2. The van der Waals surface area contributed by atoms with E-state index in [0.717, 1.165) is 17.4 Å². The summed E-state index contributed by atoms with van der Waals surface area (Å²) in [5, 5.41) is 6.32. The lowest BCUT2D eigenvalue weighted by Crippen LogP contribution is -2.37. The fourth-order valence-electron chi connectivity index (χ4n) is 1.90. The van der Waals surface area contributed by atoms with Gasteiger partial charge in [-0.25, -0.2) is 4.98 Å². The van der Waals surface area contributed by atoms with Crippen LogP contribution in [0.4, 0.5) is 13.2 Å². The van der Waals surface area contributed by atoms with Gasteiger partial charge < -0.3 is 10.6 Å². The molecule has 0 aliphatic heterocycles. The van der Waals surface area contributed by atoms with Gasteiger partial charge >= 0.3 is 6.18 Å². The van der Waals surface area contributed by atoms with Gasteiger partial charge in [-0.15, -0.1) is 11.3 Å². The topological polar surface area (TPSA) is 54.0 Å². The molecule has 1 amide bonds. The fourth-order valence-corrected chi connectivity index (χ4v) is 3.00. The zero-order chi connectivity index (χ0) is 16.5. The number of aryl methyl sites for hydroxylation is 1. The summed E-state index contributed by atoms with van der Waals surface area (Å²) in [4.78, 5) is 16.4. The molecule has 1 unspecified atom stereocenters. The van der Waals surface area contributed by atoms with E-state index in [2.05, 4.69) is 15.6 Å². The molecule has 0 saturated heterocycles. The van der Waals surface area contributed by atoms with Crippen molar-refractivity contribution in [2.24, 2.45) is 0 Å². The number of carbonyl (C=O) groups excluding carboxylic acids is 1. The second-order valence-electron chi connectivity index (χ2n) is 5.00. The number of nitrogens with zero attached hydrogens (tertiary/aromatic N) is 1. The maximum atomic E-state index is 12.7. The first kappa shape index (κ1) is 16.7. The van der Waals surface area contributed by atoms with Crippen molar-refractivity contribution in [3.8, 4) is 0 Å². The number of fused-ring (bicyclic) bond motifs is 1. The predicted octanol–water partition coefficient (Wildman–Crippen LogP) is 2.96. The van der Waals surface area contributed by atoms with Crippen LogP contribution in [0, 0.1) is 6.92 Å². The quantitative estimate of drug-likeness (QED) is 0.906. The lowest BCUT2D eigenvalue weighted by molar-refractivity contribution is -0.140. The largest absolute Gasteiger partial charge is 0.433 e. The molecule has 0 spiro atoms. The Balaban J connectivity index is 2.32. The molecule has 0 bridgehead atoms. The second-order valence-corrected chi connectivity index (χ2v) is 6.00. The molecule has 0 fully saturated rings. The van der Waals surface area contributed by atoms with E-state index in [0.29, 0.717) is 22.4 Å². The molecule has 0 aliphatic rings. The summed E-state index contributed by atoms with van der Waals surface area (Å²) in [6.45, 7) is 4.06. The van der Waals surface area contributed by atoms with E-state index in [1.165, 1.54) is 6.07 Å². The molecule has 0 radical (unpaired) electrons. The molecule has 0 aromatic carbocycles. The lowest BCUT2D eigenvalue weighted by atomic mass is 10.1. The number of halogens is 3. The van der Waals surface area contributed by atoms with E-state index in [1.54, 1.807) is 14.0 Å². The summed E-state index contributed by atoms with van der Waals surface area (Å²) in [5.41, 5.74) is -0.298. The average Bonchev–Trinajstić information content (AvgIpc) is 2.80. The number of pyridine rings is 1. The van der Waals surface area contributed by atoms with Crippen molar-refractivity contribution in [3.05, 3.63) is 28.3 Å². The average molecular weight is 331 g/mol. The second kappa shape index (κ2) is 6.21. The van der Waals surface area contributed by atoms with Crippen LogP contribution in [0.5, 0.6) is 0 Å². The van der Waals surface area contributed by atoms with Crippen molar-refractivity contribution in [1.82, 2.24) is 15.6 Å². The van der Waals surface area contributed by atoms with E-state index in [-0.39, 0.29) is 16.8 Å². The third-order valence-corrected chi connectivity index (χ3v) is 4.56. The molecule has 2 N–H and O–H groups in total. The van der Waals surface area contributed by atoms with Crippen molar-refractivity contribution in [2.45, 2.75) is 26.1 Å². The van der Waals surface area contributed by atoms with Gasteiger partial charge in [0.2, 0.25) is 0 Å². The van der Waals surface area contributed by atoms with Crippen LogP contribution in [0.2, 0.25) is 0 Å². The summed E-state index contributed by atoms with van der Waals surface area (Å²) in [6.07, 6.45) is -4.49. The highest BCUT2D eigenvalue weighted by Gasteiger charge is 2.33. The number of thiophene rings is 1. The molecular weight excluding hydrogens is 315 g/mol. The van der Waals surface area contributed by atoms with Crippen LogP contribution in [0.25, 0.3) is 10.2 Å². The minimum Gasteiger partial charge on any atom is -0.350 e. The molecule has 2 aromatic heterocycles. The Morgan fingerprint density at radius 2 is 2.09 bits per heavy atom. The lowest BCUT2D eigenvalue weighted by Gasteiger charge is -2.10. The van der Waals surface area contributed by atoms with E-state index in [9.17, 15) is 18.0 Å². The monoisotopic (exact) mass is 331 g/mol. The van der Waals surface area contributed by atoms with E-state index in [4.69, 9.17) is 0 Å². The first-order valence-corrected chi connectivity index (χ1v) is 7.48. The number of carbonyl (C=O) groups is 1. The zero-order valence-electron chi connectivity index (χ0n) is 12.3. The summed E-state index contributed by atoms with van der Waals surface area (Å²) in [7, 11) is 1.78. The van der Waals surface area contributed by atoms with Crippen molar-refractivity contribution in [2.75, 3.05) is 13.6 Å². The van der Waals surface area contributed by atoms with Crippen LogP contribution >= 0.6 is 11.3 Å². The van der Waals surface area contributed by atoms with Gasteiger partial charge in [0.15, 0.2) is 0 Å². The molecule has 2 aromatic rings. The van der Waals surface area contributed by atoms with Crippen molar-refractivity contribution < 1.29 is 18.0 Å². The van der Waals surface area contributed by atoms with Crippen LogP contribution in [0.15, 0.2) is 12.1 Å². The molecule has 2 heterocycles. The molecular formula is C14H16F3N3OS. The van der Waals surface area contributed by atoms with Gasteiger partial charge in [-0.05, 0) is 38.6 Å². The van der Waals surface area contributed by atoms with Gasteiger partial charge in [-0.2, -0.15) is 13.2 Å². The summed E-state index contributed by atoms with van der Waals surface area (Å²) in [5.74, 6) is -0.295. The Morgan fingerprint density at radius 1 is 1.41 bits per heavy atom. The third-order valence-electron chi connectivity index (χ3n) is 3.36. The number of rotatable bonds is 4. The zero-order valence-corrected chi connectivity index (χ0v) is 13.2. The smallest absolute Gasteiger partial charge is 0.350 e. The van der Waals surface area contributed by atoms with Gasteiger partial charge in [0.05, 0.1) is 4.88 Å². The Labute approximate surface area is 129 Å². The molecule has 8 heteroatoms. The molecule has 0 saturated carbocycles. The number of nitrogens with one attached hydrogen (secondary N) is 2. The van der Waals surface area contributed by atoms with Crippen molar-refractivity contribution in [3.63, 3.8) is 0 Å². The van der Waals surface area contributed by atoms with E-state index < -0.39 is 11.9 Å². The van der Waals surface area contributed by atoms with Crippen molar-refractivity contribution in [1.29, 1.82) is 0 Å². The van der Waals surface area contributed by atoms with Gasteiger partial charge in [0.25, 0.3) is 5.91 Å². The Kier molecular flexibility index (Phi) is 4.72. The first-order valence-electron chi connectivity index (χ1n) is 6.67. The molecule has 0 aliphatic carbocycles. The fraction of sp³-hybridized carbons (Fsp3) is 0.429. The maximum absolute atomic E-state index is 12.7. The highest BCUT2D eigenvalue weighted by atomic mass is 32.1. The normalized spacial score (nSPS) is 13.4. The summed E-state index contributed by atoms with van der Waals surface area (Å²) >= 11 is 0.978. The molecule has 120 valence electrons. The Bertz CT molecular complexity index is 696. The van der Waals surface area contributed by atoms with E-state index >= 15 is 0 Å². The number of amides is 1. The van der Waals surface area contributed by atoms with Crippen LogP contribution in [0.1, 0.15) is 27.9 Å². The van der Waals surface area contributed by atoms with Gasteiger partial charge in [0, 0.05) is 18.0 Å². The number of aromatic nitrogens is 1. The summed E-state index contributed by atoms with van der Waals surface area (Å²) < 4.78 is 38.1. The van der Waals surface area contributed by atoms with Crippen LogP contribution in [0.3, 0.4) is 0 Å². The molecule has 4 nitrogen and oxygen atoms in total. The van der Waals surface area contributed by atoms with Crippen LogP contribution < -0.4 is 10.6 Å². The van der Waals surface area contributed by atoms with Gasteiger partial charge in [-0.3, -0.25) is 4.79 Å². The van der Waals surface area contributed by atoms with Gasteiger partial charge in [0.1, 0.15) is 10.5 Å². The minimum atomic E-state index is -4.49. The Morgan fingerprint density at radius 3 is 2.68 bits per heavy atom. The number of likely N-dealkylation sites (N-methyl/N-ethyl adjacent to an activating group) is 1. The van der Waals surface area contributed by atoms with E-state index in [1.807, 2.05) is 6.92 Å². The highest BCUT2D eigenvalue weighted by molar-refractivity contribution is 7.20. The third kappa shape index (κ3) is 3.38. The van der Waals surface area contributed by atoms with Gasteiger partial charge in [-0.1, -0.05) is 0 Å². The molecule has 2 rings (SSSR count). The molecule has 22 heavy (non-hydrogen) atoms. The van der Waals surface area contributed by atoms with Crippen LogP contribution in [-0.4, -0.2) is 30.5 Å². The maximum Gasteiger partial charge on any atom is 0.433 e. The standard InChI is InChI=1S/C14H16F3N3OS/c1-7(18-3)6-19-12(21)11-8(2)9-4-5-10(14(15,16)17)20-13(9)22-11/h4-5,7,18H,6H2,1-3H3,(H,19,21).